The van der Waals surface area contributed by atoms with E-state index >= 15 is 0 Å². The van der Waals surface area contributed by atoms with Crippen LogP contribution in [0.25, 0.3) is 0 Å². The number of sulfonamides is 1. The summed E-state index contributed by atoms with van der Waals surface area (Å²) in [7, 11) is -3.72. The molecule has 2 aromatic carbocycles. The summed E-state index contributed by atoms with van der Waals surface area (Å²) in [5.74, 6) is 1.67. The van der Waals surface area contributed by atoms with Crippen molar-refractivity contribution in [2.45, 2.75) is 37.2 Å². The summed E-state index contributed by atoms with van der Waals surface area (Å²) in [6, 6.07) is 15.0. The van der Waals surface area contributed by atoms with E-state index in [0.29, 0.717) is 5.76 Å². The molecular weight excluding hydrogens is 420 g/mol. The van der Waals surface area contributed by atoms with Crippen LogP contribution in [0.5, 0.6) is 0 Å². The van der Waals surface area contributed by atoms with Crippen LogP contribution in [0.4, 0.5) is 11.5 Å². The molecule has 1 aromatic heterocycles. The molecule has 0 saturated carbocycles. The van der Waals surface area contributed by atoms with Crippen molar-refractivity contribution in [3.8, 4) is 0 Å². The summed E-state index contributed by atoms with van der Waals surface area (Å²) >= 11 is 1.80. The third-order valence-electron chi connectivity index (χ3n) is 4.92. The fourth-order valence-corrected chi connectivity index (χ4v) is 5.49. The van der Waals surface area contributed by atoms with Gasteiger partial charge in [-0.1, -0.05) is 28.9 Å². The molecule has 1 saturated heterocycles. The minimum atomic E-state index is -3.72. The van der Waals surface area contributed by atoms with E-state index in [1.54, 1.807) is 43.0 Å². The Labute approximate surface area is 180 Å². The van der Waals surface area contributed by atoms with E-state index in [1.165, 1.54) is 22.8 Å². The summed E-state index contributed by atoms with van der Waals surface area (Å²) in [5, 5.41) is 10.7. The molecule has 30 heavy (non-hydrogen) atoms. The van der Waals surface area contributed by atoms with Crippen LogP contribution < -0.4 is 15.4 Å². The zero-order valence-corrected chi connectivity index (χ0v) is 18.6. The van der Waals surface area contributed by atoms with Crippen LogP contribution in [-0.2, 0) is 10.0 Å². The van der Waals surface area contributed by atoms with E-state index < -0.39 is 10.0 Å². The molecule has 2 heterocycles. The van der Waals surface area contributed by atoms with Crippen molar-refractivity contribution in [3.63, 3.8) is 0 Å². The van der Waals surface area contributed by atoms with Gasteiger partial charge in [0.1, 0.15) is 11.3 Å². The largest absolute Gasteiger partial charge is 0.361 e. The van der Waals surface area contributed by atoms with E-state index in [1.807, 2.05) is 0 Å². The standard InChI is InChI=1S/C21H24N4O3S2/c1-13-4-5-14(2)18(10-13)19-12-29-21(23-19)22-16-6-8-17(9-7-16)30(26,27)25-20-11-15(3)28-24-20/h4-11,19,21-23H,12H2,1-3H3,(H,24,25). The molecule has 1 aliphatic heterocycles. The Kier molecular flexibility index (Phi) is 5.77. The van der Waals surface area contributed by atoms with Crippen LogP contribution in [0.15, 0.2) is 57.9 Å². The molecule has 4 rings (SSSR count). The first kappa shape index (κ1) is 20.8. The second-order valence-electron chi connectivity index (χ2n) is 7.39. The molecule has 0 bridgehead atoms. The first-order valence-corrected chi connectivity index (χ1v) is 12.1. The predicted octanol–water partition coefficient (Wildman–Crippen LogP) is 4.17. The van der Waals surface area contributed by atoms with Gasteiger partial charge in [-0.2, -0.15) is 0 Å². The molecule has 2 unspecified atom stereocenters. The molecule has 3 aromatic rings. The number of aromatic nitrogens is 1. The maximum atomic E-state index is 12.5. The first-order chi connectivity index (χ1) is 14.3. The molecule has 3 N–H and O–H groups in total. The number of thioether (sulfide) groups is 1. The number of rotatable bonds is 6. The molecule has 0 spiro atoms. The van der Waals surface area contributed by atoms with E-state index in [4.69, 9.17) is 4.52 Å². The molecule has 7 nitrogen and oxygen atoms in total. The lowest BCUT2D eigenvalue weighted by atomic mass is 10.0. The molecule has 1 fully saturated rings. The highest BCUT2D eigenvalue weighted by molar-refractivity contribution is 8.00. The van der Waals surface area contributed by atoms with Gasteiger partial charge in [0, 0.05) is 23.5 Å². The maximum absolute atomic E-state index is 12.5. The summed E-state index contributed by atoms with van der Waals surface area (Å²) < 4.78 is 32.3. The zero-order valence-electron chi connectivity index (χ0n) is 17.0. The first-order valence-electron chi connectivity index (χ1n) is 9.58. The average Bonchev–Trinajstić information content (AvgIpc) is 3.33. The van der Waals surface area contributed by atoms with Crippen molar-refractivity contribution in [2.75, 3.05) is 15.8 Å². The molecular formula is C21H24N4O3S2. The van der Waals surface area contributed by atoms with Crippen molar-refractivity contribution in [2.24, 2.45) is 0 Å². The summed E-state index contributed by atoms with van der Waals surface area (Å²) in [4.78, 5) is 0.161. The van der Waals surface area contributed by atoms with Gasteiger partial charge in [-0.15, -0.1) is 11.8 Å². The normalized spacial score (nSPS) is 19.0. The summed E-state index contributed by atoms with van der Waals surface area (Å²) in [6.45, 7) is 5.94. The molecule has 2 atom stereocenters. The minimum absolute atomic E-state index is 0.0496. The van der Waals surface area contributed by atoms with Crippen molar-refractivity contribution < 1.29 is 12.9 Å². The second kappa shape index (κ2) is 8.33. The van der Waals surface area contributed by atoms with E-state index in [9.17, 15) is 8.42 Å². The van der Waals surface area contributed by atoms with Gasteiger partial charge in [0.25, 0.3) is 10.0 Å². The number of aryl methyl sites for hydroxylation is 3. The highest BCUT2D eigenvalue weighted by Crippen LogP contribution is 2.32. The molecule has 0 amide bonds. The highest BCUT2D eigenvalue weighted by atomic mass is 32.2. The number of hydrogen-bond acceptors (Lipinski definition) is 7. The van der Waals surface area contributed by atoms with Crippen LogP contribution in [0.2, 0.25) is 0 Å². The molecule has 158 valence electrons. The van der Waals surface area contributed by atoms with Gasteiger partial charge in [0.05, 0.1) is 4.90 Å². The number of benzene rings is 2. The smallest absolute Gasteiger partial charge is 0.263 e. The number of nitrogens with zero attached hydrogens (tertiary/aromatic N) is 1. The monoisotopic (exact) mass is 444 g/mol. The Balaban J connectivity index is 1.40. The third-order valence-corrected chi connectivity index (χ3v) is 7.41. The third kappa shape index (κ3) is 4.63. The molecule has 9 heteroatoms. The fourth-order valence-electron chi connectivity index (χ4n) is 3.36. The molecule has 0 radical (unpaired) electrons. The lowest BCUT2D eigenvalue weighted by Crippen LogP contribution is -2.30. The average molecular weight is 445 g/mol. The topological polar surface area (TPSA) is 96.3 Å². The Morgan fingerprint density at radius 3 is 2.57 bits per heavy atom. The van der Waals surface area contributed by atoms with E-state index in [2.05, 4.69) is 52.6 Å². The second-order valence-corrected chi connectivity index (χ2v) is 10.2. The lowest BCUT2D eigenvalue weighted by Gasteiger charge is -2.18. The van der Waals surface area contributed by atoms with Crippen molar-refractivity contribution in [1.82, 2.24) is 10.5 Å². The van der Waals surface area contributed by atoms with Gasteiger partial charge in [-0.25, -0.2) is 8.42 Å². The van der Waals surface area contributed by atoms with Crippen molar-refractivity contribution in [3.05, 3.63) is 71.0 Å². The fraction of sp³-hybridized carbons (Fsp3) is 0.286. The zero-order chi connectivity index (χ0) is 21.3. The number of anilines is 2. The van der Waals surface area contributed by atoms with Crippen LogP contribution in [0, 0.1) is 20.8 Å². The van der Waals surface area contributed by atoms with E-state index in [0.717, 1.165) is 11.4 Å². The SMILES string of the molecule is Cc1ccc(C)c(C2CSC(Nc3ccc(S(=O)(=O)Nc4cc(C)on4)cc3)N2)c1. The van der Waals surface area contributed by atoms with Crippen LogP contribution >= 0.6 is 11.8 Å². The van der Waals surface area contributed by atoms with Crippen LogP contribution in [0.1, 0.15) is 28.5 Å². The van der Waals surface area contributed by atoms with Gasteiger partial charge < -0.3 is 9.84 Å². The summed E-state index contributed by atoms with van der Waals surface area (Å²) in [6.07, 6.45) is 0. The Hall–Kier alpha value is -2.49. The highest BCUT2D eigenvalue weighted by Gasteiger charge is 2.26. The molecule has 0 aliphatic carbocycles. The van der Waals surface area contributed by atoms with Gasteiger partial charge in [-0.3, -0.25) is 10.0 Å². The van der Waals surface area contributed by atoms with Gasteiger partial charge in [-0.05, 0) is 56.2 Å². The minimum Gasteiger partial charge on any atom is -0.361 e. The Bertz CT molecular complexity index is 1140. The lowest BCUT2D eigenvalue weighted by molar-refractivity contribution is 0.400. The summed E-state index contributed by atoms with van der Waals surface area (Å²) in [5.41, 5.74) is 4.75. The van der Waals surface area contributed by atoms with Gasteiger partial charge in [0.2, 0.25) is 0 Å². The quantitative estimate of drug-likeness (QED) is 0.525. The van der Waals surface area contributed by atoms with Gasteiger partial charge in [0.15, 0.2) is 5.82 Å². The predicted molar refractivity (Wildman–Crippen MR) is 120 cm³/mol. The molecule has 1 aliphatic rings. The Morgan fingerprint density at radius 1 is 1.10 bits per heavy atom. The van der Waals surface area contributed by atoms with Gasteiger partial charge >= 0.3 is 0 Å². The number of nitrogens with one attached hydrogen (secondary N) is 3. The van der Waals surface area contributed by atoms with Crippen LogP contribution in [0.3, 0.4) is 0 Å². The number of hydrogen-bond donors (Lipinski definition) is 3. The van der Waals surface area contributed by atoms with Crippen molar-refractivity contribution in [1.29, 1.82) is 0 Å². The van der Waals surface area contributed by atoms with Crippen molar-refractivity contribution >= 4 is 33.3 Å². The Morgan fingerprint density at radius 2 is 1.87 bits per heavy atom. The van der Waals surface area contributed by atoms with E-state index in [-0.39, 0.29) is 22.3 Å². The maximum Gasteiger partial charge on any atom is 0.263 e. The van der Waals surface area contributed by atoms with Crippen LogP contribution in [-0.4, -0.2) is 24.8 Å².